The van der Waals surface area contributed by atoms with Crippen molar-refractivity contribution in [3.8, 4) is 0 Å². The topological polar surface area (TPSA) is 70.6 Å². The first-order valence-corrected chi connectivity index (χ1v) is 7.64. The van der Waals surface area contributed by atoms with Crippen LogP contribution in [0.15, 0.2) is 0 Å². The first-order chi connectivity index (χ1) is 9.30. The zero-order valence-corrected chi connectivity index (χ0v) is 13.2. The van der Waals surface area contributed by atoms with Crippen molar-refractivity contribution in [2.45, 2.75) is 58.6 Å². The van der Waals surface area contributed by atoms with Crippen LogP contribution < -0.4 is 10.6 Å². The molecular weight excluding hydrogens is 256 g/mol. The van der Waals surface area contributed by atoms with E-state index in [-0.39, 0.29) is 18.6 Å². The van der Waals surface area contributed by atoms with Gasteiger partial charge in [-0.05, 0) is 39.0 Å². The van der Waals surface area contributed by atoms with Gasteiger partial charge < -0.3 is 20.5 Å². The second kappa shape index (κ2) is 7.84. The zero-order chi connectivity index (χ0) is 15.2. The average Bonchev–Trinajstić information content (AvgIpc) is 2.88. The van der Waals surface area contributed by atoms with Crippen molar-refractivity contribution in [2.75, 3.05) is 19.8 Å². The van der Waals surface area contributed by atoms with E-state index < -0.39 is 5.60 Å². The van der Waals surface area contributed by atoms with E-state index in [0.29, 0.717) is 24.9 Å². The molecule has 3 unspecified atom stereocenters. The van der Waals surface area contributed by atoms with Crippen LogP contribution in [0.1, 0.15) is 47.0 Å². The molecule has 1 fully saturated rings. The quantitative estimate of drug-likeness (QED) is 0.669. The van der Waals surface area contributed by atoms with Crippen molar-refractivity contribution < 1.29 is 14.6 Å². The maximum atomic E-state index is 11.8. The third-order valence-corrected chi connectivity index (χ3v) is 3.92. The van der Waals surface area contributed by atoms with E-state index in [0.717, 1.165) is 19.4 Å². The lowest BCUT2D eigenvalue weighted by Gasteiger charge is -2.26. The Hall–Kier alpha value is -0.810. The van der Waals surface area contributed by atoms with Gasteiger partial charge in [-0.1, -0.05) is 13.8 Å². The number of urea groups is 1. The van der Waals surface area contributed by atoms with Gasteiger partial charge in [-0.25, -0.2) is 4.79 Å². The lowest BCUT2D eigenvalue weighted by Crippen LogP contribution is -2.48. The molecule has 0 radical (unpaired) electrons. The predicted octanol–water partition coefficient (Wildman–Crippen LogP) is 1.90. The van der Waals surface area contributed by atoms with Crippen LogP contribution in [0.25, 0.3) is 0 Å². The highest BCUT2D eigenvalue weighted by atomic mass is 16.5. The minimum Gasteiger partial charge on any atom is -0.388 e. The lowest BCUT2D eigenvalue weighted by molar-refractivity contribution is 0.0475. The van der Waals surface area contributed by atoms with Gasteiger partial charge in [-0.2, -0.15) is 0 Å². The monoisotopic (exact) mass is 286 g/mol. The molecule has 118 valence electrons. The number of nitrogens with one attached hydrogen (secondary N) is 2. The number of hydrogen-bond donors (Lipinski definition) is 3. The third-order valence-electron chi connectivity index (χ3n) is 3.92. The number of carbonyl (C=O) groups excluding carboxylic acids is 1. The fraction of sp³-hybridized carbons (Fsp3) is 0.933. The molecule has 1 rings (SSSR count). The summed E-state index contributed by atoms with van der Waals surface area (Å²) >= 11 is 0. The average molecular weight is 286 g/mol. The van der Waals surface area contributed by atoms with E-state index >= 15 is 0 Å². The molecule has 20 heavy (non-hydrogen) atoms. The Morgan fingerprint density at radius 1 is 1.45 bits per heavy atom. The highest BCUT2D eigenvalue weighted by Crippen LogP contribution is 2.17. The molecule has 1 aliphatic rings. The number of hydrogen-bond acceptors (Lipinski definition) is 3. The highest BCUT2D eigenvalue weighted by Gasteiger charge is 2.25. The summed E-state index contributed by atoms with van der Waals surface area (Å²) in [7, 11) is 0. The van der Waals surface area contributed by atoms with Crippen molar-refractivity contribution >= 4 is 6.03 Å². The molecule has 0 aromatic rings. The van der Waals surface area contributed by atoms with Crippen molar-refractivity contribution in [1.82, 2.24) is 10.6 Å². The van der Waals surface area contributed by atoms with Gasteiger partial charge in [0.25, 0.3) is 0 Å². The second-order valence-corrected chi connectivity index (χ2v) is 6.67. The Morgan fingerprint density at radius 3 is 2.70 bits per heavy atom. The van der Waals surface area contributed by atoms with Crippen molar-refractivity contribution in [3.05, 3.63) is 0 Å². The molecule has 0 saturated carbocycles. The van der Waals surface area contributed by atoms with Gasteiger partial charge in [0.15, 0.2) is 0 Å². The molecule has 1 saturated heterocycles. The van der Waals surface area contributed by atoms with Crippen LogP contribution in [-0.2, 0) is 4.74 Å². The van der Waals surface area contributed by atoms with Gasteiger partial charge in [0.05, 0.1) is 12.2 Å². The Morgan fingerprint density at radius 2 is 2.15 bits per heavy atom. The Labute approximate surface area is 122 Å². The van der Waals surface area contributed by atoms with E-state index in [1.807, 2.05) is 6.92 Å². The minimum atomic E-state index is -0.846. The zero-order valence-electron chi connectivity index (χ0n) is 13.2. The summed E-state index contributed by atoms with van der Waals surface area (Å²) in [5, 5.41) is 15.9. The summed E-state index contributed by atoms with van der Waals surface area (Å²) in [6.45, 7) is 9.79. The molecule has 3 N–H and O–H groups in total. The number of ether oxygens (including phenoxy) is 1. The van der Waals surface area contributed by atoms with Crippen LogP contribution >= 0.6 is 0 Å². The third kappa shape index (κ3) is 6.57. The van der Waals surface area contributed by atoms with E-state index in [1.165, 1.54) is 0 Å². The van der Waals surface area contributed by atoms with Crippen molar-refractivity contribution in [3.63, 3.8) is 0 Å². The molecule has 5 nitrogen and oxygen atoms in total. The van der Waals surface area contributed by atoms with E-state index in [9.17, 15) is 9.90 Å². The summed E-state index contributed by atoms with van der Waals surface area (Å²) in [4.78, 5) is 11.8. The van der Waals surface area contributed by atoms with Crippen molar-refractivity contribution in [2.24, 2.45) is 11.8 Å². The standard InChI is InChI=1S/C15H30N2O3/c1-11(2)5-7-15(4,19)10-16-14(18)17-12(3)13-6-8-20-9-13/h11-13,19H,5-10H2,1-4H3,(H2,16,17,18). The van der Waals surface area contributed by atoms with Crippen molar-refractivity contribution in [1.29, 1.82) is 0 Å². The fourth-order valence-corrected chi connectivity index (χ4v) is 2.28. The van der Waals surface area contributed by atoms with Gasteiger partial charge in [0.2, 0.25) is 0 Å². The number of carbonyl (C=O) groups is 1. The number of aliphatic hydroxyl groups is 1. The maximum absolute atomic E-state index is 11.8. The molecule has 0 aromatic carbocycles. The van der Waals surface area contributed by atoms with Crippen LogP contribution in [0.5, 0.6) is 0 Å². The normalized spacial score (nSPS) is 23.4. The molecule has 0 aromatic heterocycles. The molecule has 5 heteroatoms. The first-order valence-electron chi connectivity index (χ1n) is 7.64. The second-order valence-electron chi connectivity index (χ2n) is 6.67. The molecule has 1 aliphatic heterocycles. The van der Waals surface area contributed by atoms with Gasteiger partial charge in [-0.3, -0.25) is 0 Å². The first kappa shape index (κ1) is 17.2. The van der Waals surface area contributed by atoms with Gasteiger partial charge in [0, 0.05) is 25.1 Å². The number of amides is 2. The van der Waals surface area contributed by atoms with E-state index in [4.69, 9.17) is 4.74 Å². The van der Waals surface area contributed by atoms with Crippen LogP contribution in [0.4, 0.5) is 4.79 Å². The van der Waals surface area contributed by atoms with Gasteiger partial charge in [0.1, 0.15) is 0 Å². The maximum Gasteiger partial charge on any atom is 0.315 e. The fourth-order valence-electron chi connectivity index (χ4n) is 2.28. The molecule has 0 spiro atoms. The van der Waals surface area contributed by atoms with Gasteiger partial charge >= 0.3 is 6.03 Å². The molecule has 2 amide bonds. The summed E-state index contributed by atoms with van der Waals surface area (Å²) in [5.41, 5.74) is -0.846. The molecule has 3 atom stereocenters. The van der Waals surface area contributed by atoms with Gasteiger partial charge in [-0.15, -0.1) is 0 Å². The van der Waals surface area contributed by atoms with Crippen LogP contribution in [0, 0.1) is 11.8 Å². The molecule has 1 heterocycles. The summed E-state index contributed by atoms with van der Waals surface area (Å²) in [5.74, 6) is 0.944. The van der Waals surface area contributed by atoms with Crippen LogP contribution in [-0.4, -0.2) is 42.5 Å². The van der Waals surface area contributed by atoms with E-state index in [2.05, 4.69) is 24.5 Å². The van der Waals surface area contributed by atoms with E-state index in [1.54, 1.807) is 6.92 Å². The predicted molar refractivity (Wildman–Crippen MR) is 79.6 cm³/mol. The Kier molecular flexibility index (Phi) is 6.76. The van der Waals surface area contributed by atoms with Crippen LogP contribution in [0.2, 0.25) is 0 Å². The Bertz CT molecular complexity index is 299. The smallest absolute Gasteiger partial charge is 0.315 e. The summed E-state index contributed by atoms with van der Waals surface area (Å²) in [6, 6.07) is -0.118. The van der Waals surface area contributed by atoms with Crippen LogP contribution in [0.3, 0.4) is 0 Å². The molecular formula is C15H30N2O3. The lowest BCUT2D eigenvalue weighted by atomic mass is 9.95. The molecule has 0 bridgehead atoms. The summed E-state index contributed by atoms with van der Waals surface area (Å²) in [6.07, 6.45) is 2.64. The summed E-state index contributed by atoms with van der Waals surface area (Å²) < 4.78 is 5.32. The number of rotatable bonds is 7. The highest BCUT2D eigenvalue weighted by molar-refractivity contribution is 5.74. The Balaban J connectivity index is 2.24. The molecule has 0 aliphatic carbocycles. The largest absolute Gasteiger partial charge is 0.388 e. The SMILES string of the molecule is CC(C)CCC(C)(O)CNC(=O)NC(C)C1CCOC1. The minimum absolute atomic E-state index is 0.0955.